The molecule has 2 heterocycles. The number of hydrogen-bond acceptors (Lipinski definition) is 4. The van der Waals surface area contributed by atoms with Crippen molar-refractivity contribution >= 4 is 5.97 Å². The third-order valence-electron chi connectivity index (χ3n) is 4.53. The Kier molecular flexibility index (Phi) is 4.12. The van der Waals surface area contributed by atoms with Crippen LogP contribution in [0, 0.1) is 11.8 Å². The molecule has 21 heavy (non-hydrogen) atoms. The van der Waals surface area contributed by atoms with E-state index in [0.717, 1.165) is 24.8 Å². The number of rotatable bonds is 6. The molecule has 2 N–H and O–H groups in total. The number of carbonyl (C=O) groups is 1. The first-order valence-corrected chi connectivity index (χ1v) is 7.37. The maximum absolute atomic E-state index is 10.5. The lowest BCUT2D eigenvalue weighted by atomic mass is 9.76. The molecule has 5 nitrogen and oxygen atoms in total. The molecule has 2 aliphatic rings. The molecule has 1 aromatic rings. The van der Waals surface area contributed by atoms with Crippen LogP contribution >= 0.6 is 0 Å². The van der Waals surface area contributed by atoms with E-state index >= 15 is 0 Å². The Balaban J connectivity index is 1.67. The zero-order chi connectivity index (χ0) is 14.8. The fraction of sp³-hybridized carbons (Fsp3) is 0.562. The number of aliphatic carboxylic acids is 1. The molecule has 0 amide bonds. The van der Waals surface area contributed by atoms with Crippen molar-refractivity contribution in [3.8, 4) is 5.75 Å². The highest BCUT2D eigenvalue weighted by Crippen LogP contribution is 2.44. The zero-order valence-electron chi connectivity index (χ0n) is 11.8. The molecule has 5 heteroatoms. The lowest BCUT2D eigenvalue weighted by Crippen LogP contribution is -2.31. The van der Waals surface area contributed by atoms with Gasteiger partial charge in [0.1, 0.15) is 5.75 Å². The van der Waals surface area contributed by atoms with Crippen LogP contribution in [0.15, 0.2) is 24.3 Å². The van der Waals surface area contributed by atoms with E-state index in [-0.39, 0.29) is 31.3 Å². The number of carboxylic acid groups (broad SMARTS) is 1. The Hall–Kier alpha value is -1.59. The molecule has 2 aliphatic heterocycles. The van der Waals surface area contributed by atoms with Gasteiger partial charge in [-0.05, 0) is 42.9 Å². The van der Waals surface area contributed by atoms with Crippen molar-refractivity contribution in [3.05, 3.63) is 29.8 Å². The molecule has 0 radical (unpaired) electrons. The minimum Gasteiger partial charge on any atom is -0.482 e. The standard InChI is InChI=1S/C16H20O5/c17-8-13-12(14-4-5-15(13)21-14)7-10-2-1-3-11(6-10)20-9-16(18)19/h1-3,6,12-15,17H,4-5,7-9H2,(H,18,19)/t12-,13+,14-,15+/m0/s1. The van der Waals surface area contributed by atoms with Gasteiger partial charge in [-0.2, -0.15) is 0 Å². The summed E-state index contributed by atoms with van der Waals surface area (Å²) in [5.74, 6) is 0.137. The summed E-state index contributed by atoms with van der Waals surface area (Å²) < 4.78 is 11.1. The molecule has 1 aromatic carbocycles. The minimum absolute atomic E-state index is 0.168. The lowest BCUT2D eigenvalue weighted by molar-refractivity contribution is -0.139. The van der Waals surface area contributed by atoms with E-state index < -0.39 is 5.97 Å². The van der Waals surface area contributed by atoms with E-state index in [1.54, 1.807) is 6.07 Å². The van der Waals surface area contributed by atoms with Gasteiger partial charge in [-0.25, -0.2) is 4.79 Å². The van der Waals surface area contributed by atoms with Crippen molar-refractivity contribution in [1.29, 1.82) is 0 Å². The molecule has 2 fully saturated rings. The minimum atomic E-state index is -0.984. The summed E-state index contributed by atoms with van der Waals surface area (Å²) in [6.45, 7) is -0.166. The van der Waals surface area contributed by atoms with E-state index in [9.17, 15) is 9.90 Å². The molecule has 4 atom stereocenters. The number of fused-ring (bicyclic) bond motifs is 2. The monoisotopic (exact) mass is 292 g/mol. The fourth-order valence-corrected chi connectivity index (χ4v) is 3.59. The van der Waals surface area contributed by atoms with Crippen LogP contribution in [-0.4, -0.2) is 41.6 Å². The highest BCUT2D eigenvalue weighted by atomic mass is 16.5. The summed E-state index contributed by atoms with van der Waals surface area (Å²) in [5.41, 5.74) is 1.09. The molecule has 0 spiro atoms. The van der Waals surface area contributed by atoms with Gasteiger partial charge < -0.3 is 19.7 Å². The summed E-state index contributed by atoms with van der Waals surface area (Å²) in [6, 6.07) is 7.51. The number of ether oxygens (including phenoxy) is 2. The summed E-state index contributed by atoms with van der Waals surface area (Å²) in [7, 11) is 0. The van der Waals surface area contributed by atoms with Gasteiger partial charge in [-0.3, -0.25) is 0 Å². The largest absolute Gasteiger partial charge is 0.482 e. The molecule has 0 aromatic heterocycles. The molecule has 2 saturated heterocycles. The van der Waals surface area contributed by atoms with Crippen molar-refractivity contribution in [2.75, 3.05) is 13.2 Å². The molecule has 0 unspecified atom stereocenters. The second-order valence-corrected chi connectivity index (χ2v) is 5.83. The lowest BCUT2D eigenvalue weighted by Gasteiger charge is -2.26. The number of aliphatic hydroxyl groups is 1. The first kappa shape index (κ1) is 14.4. The smallest absolute Gasteiger partial charge is 0.341 e. The van der Waals surface area contributed by atoms with Crippen LogP contribution in [0.5, 0.6) is 5.75 Å². The Morgan fingerprint density at radius 2 is 2.05 bits per heavy atom. The van der Waals surface area contributed by atoms with Crippen molar-refractivity contribution in [2.24, 2.45) is 11.8 Å². The normalized spacial score (nSPS) is 30.5. The topological polar surface area (TPSA) is 76.0 Å². The summed E-state index contributed by atoms with van der Waals surface area (Å²) >= 11 is 0. The van der Waals surface area contributed by atoms with Crippen LogP contribution < -0.4 is 4.74 Å². The van der Waals surface area contributed by atoms with Crippen LogP contribution in [-0.2, 0) is 16.0 Å². The third-order valence-corrected chi connectivity index (χ3v) is 4.53. The highest BCUT2D eigenvalue weighted by molar-refractivity contribution is 5.68. The predicted octanol–water partition coefficient (Wildman–Crippen LogP) is 1.48. The van der Waals surface area contributed by atoms with Crippen LogP contribution in [0.4, 0.5) is 0 Å². The second-order valence-electron chi connectivity index (χ2n) is 5.83. The van der Waals surface area contributed by atoms with Gasteiger partial charge in [0.05, 0.1) is 12.2 Å². The fourth-order valence-electron chi connectivity index (χ4n) is 3.59. The van der Waals surface area contributed by atoms with Gasteiger partial charge in [0.15, 0.2) is 6.61 Å². The van der Waals surface area contributed by atoms with Crippen molar-refractivity contribution in [1.82, 2.24) is 0 Å². The van der Waals surface area contributed by atoms with E-state index in [4.69, 9.17) is 14.6 Å². The average Bonchev–Trinajstić information content (AvgIpc) is 3.06. The molecule has 0 saturated carbocycles. The molecule has 0 aliphatic carbocycles. The summed E-state index contributed by atoms with van der Waals surface area (Å²) in [5, 5.41) is 18.2. The van der Waals surface area contributed by atoms with E-state index in [0.29, 0.717) is 11.7 Å². The second kappa shape index (κ2) is 6.03. The third kappa shape index (κ3) is 3.04. The SMILES string of the molecule is O=C(O)COc1cccc(C[C@H]2[C@@H](CO)[C@H]3CC[C@@H]2O3)c1. The van der Waals surface area contributed by atoms with E-state index in [1.165, 1.54) is 0 Å². The van der Waals surface area contributed by atoms with Gasteiger partial charge in [0.2, 0.25) is 0 Å². The van der Waals surface area contributed by atoms with Crippen LogP contribution in [0.3, 0.4) is 0 Å². The van der Waals surface area contributed by atoms with Gasteiger partial charge in [0.25, 0.3) is 0 Å². The quantitative estimate of drug-likeness (QED) is 0.830. The highest BCUT2D eigenvalue weighted by Gasteiger charge is 2.48. The Morgan fingerprint density at radius 1 is 1.29 bits per heavy atom. The number of carboxylic acids is 1. The van der Waals surface area contributed by atoms with E-state index in [1.807, 2.05) is 18.2 Å². The predicted molar refractivity (Wildman–Crippen MR) is 75.2 cm³/mol. The molecule has 3 rings (SSSR count). The number of aliphatic hydroxyl groups excluding tert-OH is 1. The Labute approximate surface area is 123 Å². The maximum Gasteiger partial charge on any atom is 0.341 e. The first-order valence-electron chi connectivity index (χ1n) is 7.37. The van der Waals surface area contributed by atoms with Crippen molar-refractivity contribution in [3.63, 3.8) is 0 Å². The molecule has 2 bridgehead atoms. The van der Waals surface area contributed by atoms with Gasteiger partial charge in [-0.1, -0.05) is 12.1 Å². The van der Waals surface area contributed by atoms with Gasteiger partial charge in [0, 0.05) is 12.5 Å². The summed E-state index contributed by atoms with van der Waals surface area (Å²) in [4.78, 5) is 10.5. The first-order chi connectivity index (χ1) is 10.2. The Morgan fingerprint density at radius 3 is 2.76 bits per heavy atom. The number of benzene rings is 1. The van der Waals surface area contributed by atoms with Crippen LogP contribution in [0.1, 0.15) is 18.4 Å². The van der Waals surface area contributed by atoms with Crippen LogP contribution in [0.25, 0.3) is 0 Å². The molecule has 114 valence electrons. The van der Waals surface area contributed by atoms with Crippen molar-refractivity contribution in [2.45, 2.75) is 31.5 Å². The van der Waals surface area contributed by atoms with Crippen molar-refractivity contribution < 1.29 is 24.5 Å². The Bertz CT molecular complexity index is 515. The number of hydrogen-bond donors (Lipinski definition) is 2. The van der Waals surface area contributed by atoms with Gasteiger partial charge >= 0.3 is 5.97 Å². The maximum atomic E-state index is 10.5. The van der Waals surface area contributed by atoms with Crippen LogP contribution in [0.2, 0.25) is 0 Å². The zero-order valence-corrected chi connectivity index (χ0v) is 11.8. The molecular weight excluding hydrogens is 272 g/mol. The van der Waals surface area contributed by atoms with E-state index in [2.05, 4.69) is 0 Å². The summed E-state index contributed by atoms with van der Waals surface area (Å²) in [6.07, 6.45) is 3.40. The average molecular weight is 292 g/mol. The van der Waals surface area contributed by atoms with Gasteiger partial charge in [-0.15, -0.1) is 0 Å². The molecular formula is C16H20O5.